The van der Waals surface area contributed by atoms with Crippen molar-refractivity contribution in [3.05, 3.63) is 35.6 Å². The third-order valence-corrected chi connectivity index (χ3v) is 6.31. The Morgan fingerprint density at radius 3 is 2.47 bits per heavy atom. The molecule has 2 aliphatic heterocycles. The van der Waals surface area contributed by atoms with E-state index in [0.717, 1.165) is 44.5 Å². The molecule has 2 aliphatic rings. The highest BCUT2D eigenvalue weighted by molar-refractivity contribution is 5.80. The number of hydrogen-bond acceptors (Lipinski definition) is 3. The third-order valence-electron chi connectivity index (χ3n) is 6.31. The molecule has 2 fully saturated rings. The number of piperidine rings is 1. The van der Waals surface area contributed by atoms with Crippen LogP contribution in [0.2, 0.25) is 0 Å². The molecule has 0 bridgehead atoms. The summed E-state index contributed by atoms with van der Waals surface area (Å²) in [5.41, 5.74) is 0.823. The van der Waals surface area contributed by atoms with Crippen LogP contribution >= 0.6 is 0 Å². The van der Waals surface area contributed by atoms with Crippen molar-refractivity contribution in [3.63, 3.8) is 0 Å². The van der Waals surface area contributed by atoms with Gasteiger partial charge in [-0.1, -0.05) is 26.0 Å². The van der Waals surface area contributed by atoms with E-state index in [0.29, 0.717) is 6.54 Å². The topological polar surface area (TPSA) is 43.9 Å². The van der Waals surface area contributed by atoms with E-state index in [2.05, 4.69) is 4.90 Å². The van der Waals surface area contributed by atoms with E-state index < -0.39 is 0 Å². The molecule has 1 aromatic carbocycles. The molecule has 1 unspecified atom stereocenters. The Labute approximate surface area is 180 Å². The molecule has 1 atom stereocenters. The van der Waals surface area contributed by atoms with Crippen molar-refractivity contribution >= 4 is 11.8 Å². The summed E-state index contributed by atoms with van der Waals surface area (Å²) in [6, 6.07) is 6.21. The van der Waals surface area contributed by atoms with Crippen LogP contribution in [0.4, 0.5) is 4.39 Å². The van der Waals surface area contributed by atoms with E-state index in [4.69, 9.17) is 0 Å². The highest BCUT2D eigenvalue weighted by Crippen LogP contribution is 2.20. The molecule has 0 spiro atoms. The van der Waals surface area contributed by atoms with Gasteiger partial charge >= 0.3 is 0 Å². The highest BCUT2D eigenvalue weighted by atomic mass is 19.1. The summed E-state index contributed by atoms with van der Waals surface area (Å²) < 4.78 is 13.1. The summed E-state index contributed by atoms with van der Waals surface area (Å²) in [6.45, 7) is 9.39. The fourth-order valence-corrected chi connectivity index (χ4v) is 4.60. The maximum atomic E-state index is 13.1. The molecule has 3 rings (SSSR count). The minimum absolute atomic E-state index is 0.0397. The first-order valence-electron chi connectivity index (χ1n) is 11.5. The van der Waals surface area contributed by atoms with Crippen molar-refractivity contribution in [3.8, 4) is 0 Å². The maximum absolute atomic E-state index is 13.1. The van der Waals surface area contributed by atoms with Crippen LogP contribution in [-0.2, 0) is 16.0 Å². The van der Waals surface area contributed by atoms with Gasteiger partial charge < -0.3 is 14.7 Å². The lowest BCUT2D eigenvalue weighted by Crippen LogP contribution is -2.53. The van der Waals surface area contributed by atoms with E-state index in [1.807, 2.05) is 23.6 Å². The molecule has 0 saturated carbocycles. The molecular weight excluding hydrogens is 381 g/mol. The van der Waals surface area contributed by atoms with Crippen LogP contribution in [0.3, 0.4) is 0 Å². The molecule has 0 aromatic heterocycles. The van der Waals surface area contributed by atoms with Crippen molar-refractivity contribution in [1.82, 2.24) is 14.7 Å². The van der Waals surface area contributed by atoms with Gasteiger partial charge in [0.25, 0.3) is 0 Å². The smallest absolute Gasteiger partial charge is 0.227 e. The van der Waals surface area contributed by atoms with E-state index in [-0.39, 0.29) is 36.0 Å². The summed E-state index contributed by atoms with van der Waals surface area (Å²) in [5.74, 6) is -0.0855. The maximum Gasteiger partial charge on any atom is 0.227 e. The van der Waals surface area contributed by atoms with Crippen LogP contribution in [0.5, 0.6) is 0 Å². The Bertz CT molecular complexity index is 701. The number of rotatable bonds is 8. The molecule has 0 N–H and O–H groups in total. The van der Waals surface area contributed by atoms with Crippen molar-refractivity contribution in [1.29, 1.82) is 0 Å². The molecule has 30 heavy (non-hydrogen) atoms. The van der Waals surface area contributed by atoms with Gasteiger partial charge in [-0.15, -0.1) is 0 Å². The van der Waals surface area contributed by atoms with Crippen molar-refractivity contribution in [2.24, 2.45) is 5.92 Å². The van der Waals surface area contributed by atoms with Crippen LogP contribution in [0.25, 0.3) is 0 Å². The van der Waals surface area contributed by atoms with E-state index in [1.165, 1.54) is 38.1 Å². The number of carbonyl (C=O) groups excluding carboxylic acids is 2. The van der Waals surface area contributed by atoms with Crippen LogP contribution < -0.4 is 0 Å². The second-order valence-electron chi connectivity index (χ2n) is 9.03. The third kappa shape index (κ3) is 6.27. The van der Waals surface area contributed by atoms with Gasteiger partial charge in [0.15, 0.2) is 0 Å². The predicted molar refractivity (Wildman–Crippen MR) is 117 cm³/mol. The Morgan fingerprint density at radius 2 is 1.80 bits per heavy atom. The first kappa shape index (κ1) is 22.7. The van der Waals surface area contributed by atoms with Gasteiger partial charge in [-0.2, -0.15) is 0 Å². The largest absolute Gasteiger partial charge is 0.340 e. The number of carbonyl (C=O) groups is 2. The van der Waals surface area contributed by atoms with E-state index in [9.17, 15) is 14.0 Å². The lowest BCUT2D eigenvalue weighted by atomic mass is 10.0. The van der Waals surface area contributed by atoms with Crippen LogP contribution in [0, 0.1) is 11.7 Å². The van der Waals surface area contributed by atoms with Gasteiger partial charge in [0.1, 0.15) is 5.82 Å². The summed E-state index contributed by atoms with van der Waals surface area (Å²) in [6.07, 6.45) is 5.68. The first-order valence-corrected chi connectivity index (χ1v) is 11.5. The zero-order valence-electron chi connectivity index (χ0n) is 18.5. The predicted octanol–water partition coefficient (Wildman–Crippen LogP) is 3.33. The molecular formula is C24H36FN3O2. The van der Waals surface area contributed by atoms with Crippen LogP contribution in [0.15, 0.2) is 24.3 Å². The fraction of sp³-hybridized carbons (Fsp3) is 0.667. The Morgan fingerprint density at radius 1 is 1.10 bits per heavy atom. The van der Waals surface area contributed by atoms with E-state index in [1.54, 1.807) is 12.1 Å². The Kier molecular flexibility index (Phi) is 8.25. The number of likely N-dealkylation sites (tertiary alicyclic amines) is 2. The summed E-state index contributed by atoms with van der Waals surface area (Å²) in [7, 11) is 0. The zero-order valence-corrected chi connectivity index (χ0v) is 18.5. The lowest BCUT2D eigenvalue weighted by Gasteiger charge is -2.40. The quantitative estimate of drug-likeness (QED) is 0.652. The van der Waals surface area contributed by atoms with Gasteiger partial charge in [-0.05, 0) is 69.4 Å². The van der Waals surface area contributed by atoms with Gasteiger partial charge in [-0.3, -0.25) is 9.59 Å². The van der Waals surface area contributed by atoms with Gasteiger partial charge in [0, 0.05) is 31.6 Å². The zero-order chi connectivity index (χ0) is 21.5. The minimum Gasteiger partial charge on any atom is -0.340 e. The monoisotopic (exact) mass is 417 g/mol. The first-order chi connectivity index (χ1) is 14.4. The molecule has 2 heterocycles. The number of hydrogen-bond donors (Lipinski definition) is 0. The van der Waals surface area contributed by atoms with Gasteiger partial charge in [0.2, 0.25) is 11.8 Å². The summed E-state index contributed by atoms with van der Waals surface area (Å²) >= 11 is 0. The number of amides is 2. The summed E-state index contributed by atoms with van der Waals surface area (Å²) in [5, 5.41) is 0. The second-order valence-corrected chi connectivity index (χ2v) is 9.03. The lowest BCUT2D eigenvalue weighted by molar-refractivity contribution is -0.141. The minimum atomic E-state index is -0.291. The molecule has 5 nitrogen and oxygen atoms in total. The van der Waals surface area contributed by atoms with Crippen LogP contribution in [-0.4, -0.2) is 71.8 Å². The molecule has 6 heteroatoms. The standard InChI is InChI=1S/C24H36FN3O2/c1-19(2)24(30)28(16-6-14-26-12-3-4-13-26)22-7-5-15-27(18-22)23(29)17-20-8-10-21(25)11-9-20/h8-11,19,22H,3-7,12-18H2,1-2H3. The molecule has 0 radical (unpaired) electrons. The van der Waals surface area contributed by atoms with Crippen molar-refractivity contribution in [2.45, 2.75) is 58.4 Å². The Hall–Kier alpha value is -1.95. The molecule has 166 valence electrons. The molecule has 2 saturated heterocycles. The number of halogens is 1. The SMILES string of the molecule is CC(C)C(=O)N(CCCN1CCCC1)C1CCCN(C(=O)Cc2ccc(F)cc2)C1. The molecule has 0 aliphatic carbocycles. The summed E-state index contributed by atoms with van der Waals surface area (Å²) in [4.78, 5) is 32.2. The number of benzene rings is 1. The average Bonchev–Trinajstić information content (AvgIpc) is 3.26. The average molecular weight is 418 g/mol. The second kappa shape index (κ2) is 10.9. The van der Waals surface area contributed by atoms with E-state index >= 15 is 0 Å². The van der Waals surface area contributed by atoms with Crippen LogP contribution in [0.1, 0.15) is 51.5 Å². The normalized spacial score (nSPS) is 20.0. The fourth-order valence-electron chi connectivity index (χ4n) is 4.60. The molecule has 1 aromatic rings. The van der Waals surface area contributed by atoms with Crippen molar-refractivity contribution in [2.75, 3.05) is 39.3 Å². The Balaban J connectivity index is 1.58. The van der Waals surface area contributed by atoms with Gasteiger partial charge in [0.05, 0.1) is 6.42 Å². The number of nitrogens with zero attached hydrogens (tertiary/aromatic N) is 3. The van der Waals surface area contributed by atoms with Gasteiger partial charge in [-0.25, -0.2) is 4.39 Å². The van der Waals surface area contributed by atoms with Crippen molar-refractivity contribution < 1.29 is 14.0 Å². The molecule has 2 amide bonds. The highest BCUT2D eigenvalue weighted by Gasteiger charge is 2.31.